The minimum Gasteiger partial charge on any atom is -0.385 e. The molecule has 144 valence electrons. The fourth-order valence-electron chi connectivity index (χ4n) is 3.39. The van der Waals surface area contributed by atoms with Gasteiger partial charge in [0.15, 0.2) is 5.96 Å². The Morgan fingerprint density at radius 1 is 1.11 bits per heavy atom. The van der Waals surface area contributed by atoms with E-state index in [1.807, 2.05) is 25.2 Å². The molecular weight excluding hydrogens is 336 g/mol. The third-order valence-electron chi connectivity index (χ3n) is 4.85. The van der Waals surface area contributed by atoms with E-state index in [1.165, 1.54) is 11.1 Å². The molecule has 2 N–H and O–H groups in total. The van der Waals surface area contributed by atoms with Gasteiger partial charge in [-0.1, -0.05) is 42.5 Å². The van der Waals surface area contributed by atoms with Crippen LogP contribution in [0.15, 0.2) is 59.6 Å². The number of ether oxygens (including phenoxy) is 1. The number of aliphatic imine (C=N–C) groups is 1. The van der Waals surface area contributed by atoms with Crippen molar-refractivity contribution in [3.63, 3.8) is 0 Å². The zero-order valence-electron chi connectivity index (χ0n) is 16.3. The van der Waals surface area contributed by atoms with Crippen molar-refractivity contribution in [3.8, 4) is 0 Å². The number of nitrogens with zero attached hydrogens (tertiary/aromatic N) is 2. The lowest BCUT2D eigenvalue weighted by atomic mass is 10.0. The smallest absolute Gasteiger partial charge is 0.193 e. The second-order valence-electron chi connectivity index (χ2n) is 6.78. The van der Waals surface area contributed by atoms with Crippen LogP contribution in [-0.2, 0) is 4.74 Å². The topological polar surface area (TPSA) is 48.9 Å². The molecule has 2 aromatic carbocycles. The minimum absolute atomic E-state index is 0.0956. The maximum atomic E-state index is 6.03. The van der Waals surface area contributed by atoms with E-state index >= 15 is 0 Å². The van der Waals surface area contributed by atoms with Crippen LogP contribution in [0, 0.1) is 6.92 Å². The third kappa shape index (κ3) is 5.47. The Balaban J connectivity index is 1.46. The number of rotatable bonds is 6. The van der Waals surface area contributed by atoms with Crippen LogP contribution in [0.3, 0.4) is 0 Å². The van der Waals surface area contributed by atoms with Crippen LogP contribution in [0.4, 0.5) is 5.69 Å². The van der Waals surface area contributed by atoms with Crippen LogP contribution >= 0.6 is 0 Å². The number of hydrogen-bond donors (Lipinski definition) is 2. The number of anilines is 1. The van der Waals surface area contributed by atoms with E-state index in [4.69, 9.17) is 4.74 Å². The first-order valence-corrected chi connectivity index (χ1v) is 9.69. The van der Waals surface area contributed by atoms with Crippen LogP contribution in [0.25, 0.3) is 0 Å². The lowest BCUT2D eigenvalue weighted by Crippen LogP contribution is -2.48. The summed E-state index contributed by atoms with van der Waals surface area (Å²) < 4.78 is 6.03. The molecule has 3 rings (SSSR count). The molecule has 1 fully saturated rings. The standard InChI is InChI=1S/C22H30N4O/c1-18-9-6-7-12-20(18)21-17-26(15-16-27-21)22(23-2)25-14-8-13-24-19-10-4-3-5-11-19/h3-7,9-12,21,24H,8,13-17H2,1-2H3,(H,23,25). The summed E-state index contributed by atoms with van der Waals surface area (Å²) in [6, 6.07) is 18.8. The summed E-state index contributed by atoms with van der Waals surface area (Å²) >= 11 is 0. The van der Waals surface area contributed by atoms with E-state index < -0.39 is 0 Å². The molecule has 0 aromatic heterocycles. The lowest BCUT2D eigenvalue weighted by Gasteiger charge is -2.35. The number of para-hydroxylation sites is 1. The van der Waals surface area contributed by atoms with Gasteiger partial charge in [-0.25, -0.2) is 0 Å². The molecule has 0 saturated carbocycles. The summed E-state index contributed by atoms with van der Waals surface area (Å²) in [6.45, 7) is 6.37. The number of benzene rings is 2. The molecule has 2 aromatic rings. The highest BCUT2D eigenvalue weighted by molar-refractivity contribution is 5.80. The molecule has 1 unspecified atom stereocenters. The Morgan fingerprint density at radius 2 is 1.89 bits per heavy atom. The fourth-order valence-corrected chi connectivity index (χ4v) is 3.39. The normalized spacial score (nSPS) is 17.6. The van der Waals surface area contributed by atoms with Crippen molar-refractivity contribution in [2.45, 2.75) is 19.4 Å². The molecule has 1 atom stereocenters. The van der Waals surface area contributed by atoms with Crippen molar-refractivity contribution in [1.29, 1.82) is 0 Å². The van der Waals surface area contributed by atoms with Gasteiger partial charge in [0.2, 0.25) is 0 Å². The zero-order chi connectivity index (χ0) is 18.9. The first-order valence-electron chi connectivity index (χ1n) is 9.69. The Morgan fingerprint density at radius 3 is 2.67 bits per heavy atom. The van der Waals surface area contributed by atoms with Gasteiger partial charge in [0, 0.05) is 32.4 Å². The number of hydrogen-bond acceptors (Lipinski definition) is 3. The van der Waals surface area contributed by atoms with Gasteiger partial charge in [0.1, 0.15) is 6.10 Å². The summed E-state index contributed by atoms with van der Waals surface area (Å²) in [5.74, 6) is 0.955. The summed E-state index contributed by atoms with van der Waals surface area (Å²) in [7, 11) is 1.85. The van der Waals surface area contributed by atoms with Gasteiger partial charge >= 0.3 is 0 Å². The summed E-state index contributed by atoms with van der Waals surface area (Å²) in [4.78, 5) is 6.77. The van der Waals surface area contributed by atoms with Crippen molar-refractivity contribution in [1.82, 2.24) is 10.2 Å². The Hall–Kier alpha value is -2.53. The molecule has 1 aliphatic rings. The summed E-state index contributed by atoms with van der Waals surface area (Å²) in [5.41, 5.74) is 3.71. The molecule has 0 spiro atoms. The molecule has 27 heavy (non-hydrogen) atoms. The Kier molecular flexibility index (Phi) is 7.11. The summed E-state index contributed by atoms with van der Waals surface area (Å²) in [6.07, 6.45) is 1.12. The number of aryl methyl sites for hydroxylation is 1. The summed E-state index contributed by atoms with van der Waals surface area (Å²) in [5, 5.41) is 6.93. The number of morpholine rings is 1. The van der Waals surface area contributed by atoms with Crippen LogP contribution in [-0.4, -0.2) is 50.7 Å². The first-order chi connectivity index (χ1) is 13.3. The lowest BCUT2D eigenvalue weighted by molar-refractivity contribution is -0.00830. The van der Waals surface area contributed by atoms with Gasteiger partial charge in [-0.05, 0) is 36.6 Å². The first kappa shape index (κ1) is 19.2. The van der Waals surface area contributed by atoms with Gasteiger partial charge < -0.3 is 20.3 Å². The van der Waals surface area contributed by atoms with E-state index in [0.717, 1.165) is 50.9 Å². The highest BCUT2D eigenvalue weighted by Gasteiger charge is 2.24. The highest BCUT2D eigenvalue weighted by atomic mass is 16.5. The van der Waals surface area contributed by atoms with Crippen LogP contribution in [0.2, 0.25) is 0 Å². The second-order valence-corrected chi connectivity index (χ2v) is 6.78. The van der Waals surface area contributed by atoms with Crippen molar-refractivity contribution in [2.24, 2.45) is 4.99 Å². The highest BCUT2D eigenvalue weighted by Crippen LogP contribution is 2.24. The van der Waals surface area contributed by atoms with Crippen molar-refractivity contribution < 1.29 is 4.74 Å². The molecule has 0 amide bonds. The predicted molar refractivity (Wildman–Crippen MR) is 112 cm³/mol. The molecule has 1 heterocycles. The Bertz CT molecular complexity index is 732. The zero-order valence-corrected chi connectivity index (χ0v) is 16.3. The van der Waals surface area contributed by atoms with Crippen LogP contribution in [0.1, 0.15) is 23.7 Å². The molecule has 1 saturated heterocycles. The molecular formula is C22H30N4O. The van der Waals surface area contributed by atoms with Gasteiger partial charge in [-0.3, -0.25) is 4.99 Å². The van der Waals surface area contributed by atoms with Gasteiger partial charge in [0.05, 0.1) is 13.2 Å². The minimum atomic E-state index is 0.0956. The maximum Gasteiger partial charge on any atom is 0.193 e. The molecule has 0 aliphatic carbocycles. The SMILES string of the molecule is CN=C(NCCCNc1ccccc1)N1CCOC(c2ccccc2C)C1. The number of guanidine groups is 1. The predicted octanol–water partition coefficient (Wildman–Crippen LogP) is 3.45. The van der Waals surface area contributed by atoms with Crippen LogP contribution in [0.5, 0.6) is 0 Å². The average Bonchev–Trinajstić information content (AvgIpc) is 2.72. The average molecular weight is 367 g/mol. The van der Waals surface area contributed by atoms with E-state index in [-0.39, 0.29) is 6.10 Å². The number of nitrogens with one attached hydrogen (secondary N) is 2. The van der Waals surface area contributed by atoms with E-state index in [0.29, 0.717) is 0 Å². The molecule has 0 bridgehead atoms. The molecule has 0 radical (unpaired) electrons. The molecule has 5 heteroatoms. The quantitative estimate of drug-likeness (QED) is 0.467. The van der Waals surface area contributed by atoms with Gasteiger partial charge in [-0.15, -0.1) is 0 Å². The van der Waals surface area contributed by atoms with Crippen LogP contribution < -0.4 is 10.6 Å². The second kappa shape index (κ2) is 9.97. The molecule has 1 aliphatic heterocycles. The third-order valence-corrected chi connectivity index (χ3v) is 4.85. The monoisotopic (exact) mass is 366 g/mol. The maximum absolute atomic E-state index is 6.03. The van der Waals surface area contributed by atoms with Crippen molar-refractivity contribution >= 4 is 11.6 Å². The van der Waals surface area contributed by atoms with E-state index in [9.17, 15) is 0 Å². The largest absolute Gasteiger partial charge is 0.385 e. The van der Waals surface area contributed by atoms with E-state index in [2.05, 4.69) is 63.8 Å². The van der Waals surface area contributed by atoms with Crippen molar-refractivity contribution in [2.75, 3.05) is 45.2 Å². The fraction of sp³-hybridized carbons (Fsp3) is 0.409. The van der Waals surface area contributed by atoms with Gasteiger partial charge in [-0.2, -0.15) is 0 Å². The van der Waals surface area contributed by atoms with E-state index in [1.54, 1.807) is 0 Å². The van der Waals surface area contributed by atoms with Gasteiger partial charge in [0.25, 0.3) is 0 Å². The molecule has 5 nitrogen and oxygen atoms in total. The van der Waals surface area contributed by atoms with Crippen molar-refractivity contribution in [3.05, 3.63) is 65.7 Å². The Labute approximate surface area is 162 Å².